The minimum atomic E-state index is 0.437. The molecule has 0 spiro atoms. The SMILES string of the molecule is Cc1cccc(COc2cccc(C=NN=C(N)SCc3ccccc3)c2)c1. The third-order valence-electron chi connectivity index (χ3n) is 3.94. The summed E-state index contributed by atoms with van der Waals surface area (Å²) in [5.41, 5.74) is 10.4. The Morgan fingerprint density at radius 2 is 1.75 bits per heavy atom. The van der Waals surface area contributed by atoms with E-state index in [1.54, 1.807) is 6.21 Å². The average Bonchev–Trinajstić information content (AvgIpc) is 2.72. The molecule has 0 aliphatic heterocycles. The summed E-state index contributed by atoms with van der Waals surface area (Å²) in [4.78, 5) is 0. The maximum atomic E-state index is 5.91. The zero-order chi connectivity index (χ0) is 19.6. The van der Waals surface area contributed by atoms with Gasteiger partial charge in [0.1, 0.15) is 12.4 Å². The van der Waals surface area contributed by atoms with Crippen molar-refractivity contribution in [3.8, 4) is 5.75 Å². The Hall–Kier alpha value is -3.05. The van der Waals surface area contributed by atoms with Crippen LogP contribution in [0, 0.1) is 6.92 Å². The minimum Gasteiger partial charge on any atom is -0.489 e. The number of rotatable bonds is 7. The van der Waals surface area contributed by atoms with E-state index < -0.39 is 0 Å². The van der Waals surface area contributed by atoms with Gasteiger partial charge in [-0.2, -0.15) is 5.10 Å². The first-order valence-electron chi connectivity index (χ1n) is 9.01. The molecule has 0 unspecified atom stereocenters. The Morgan fingerprint density at radius 3 is 2.57 bits per heavy atom. The molecule has 3 rings (SSSR count). The molecule has 5 heteroatoms. The number of nitrogens with two attached hydrogens (primary N) is 1. The molecule has 0 aliphatic rings. The summed E-state index contributed by atoms with van der Waals surface area (Å²) in [6, 6.07) is 26.2. The lowest BCUT2D eigenvalue weighted by Crippen LogP contribution is -2.06. The molecule has 28 heavy (non-hydrogen) atoms. The predicted octanol–water partition coefficient (Wildman–Crippen LogP) is 5.16. The molecule has 0 atom stereocenters. The van der Waals surface area contributed by atoms with Crippen LogP contribution in [-0.4, -0.2) is 11.4 Å². The second-order valence-corrected chi connectivity index (χ2v) is 7.30. The monoisotopic (exact) mass is 389 g/mol. The molecule has 4 nitrogen and oxygen atoms in total. The van der Waals surface area contributed by atoms with Gasteiger partial charge in [-0.05, 0) is 35.7 Å². The number of hydrogen-bond acceptors (Lipinski definition) is 4. The number of nitrogens with zero attached hydrogens (tertiary/aromatic N) is 2. The molecule has 0 heterocycles. The molecule has 0 radical (unpaired) electrons. The van der Waals surface area contributed by atoms with Crippen LogP contribution < -0.4 is 10.5 Å². The van der Waals surface area contributed by atoms with Crippen molar-refractivity contribution >= 4 is 23.1 Å². The Morgan fingerprint density at radius 1 is 0.964 bits per heavy atom. The van der Waals surface area contributed by atoms with E-state index in [0.29, 0.717) is 11.8 Å². The fraction of sp³-hybridized carbons (Fsp3) is 0.130. The second-order valence-electron chi connectivity index (χ2n) is 6.31. The van der Waals surface area contributed by atoms with Crippen LogP contribution in [0.15, 0.2) is 89.1 Å². The van der Waals surface area contributed by atoms with Crippen molar-refractivity contribution in [3.63, 3.8) is 0 Å². The van der Waals surface area contributed by atoms with Crippen LogP contribution in [0.1, 0.15) is 22.3 Å². The van der Waals surface area contributed by atoms with E-state index in [-0.39, 0.29) is 0 Å². The maximum Gasteiger partial charge on any atom is 0.180 e. The molecular formula is C23H23N3OS. The smallest absolute Gasteiger partial charge is 0.180 e. The molecule has 0 aromatic heterocycles. The molecule has 0 fully saturated rings. The van der Waals surface area contributed by atoms with Crippen molar-refractivity contribution in [1.82, 2.24) is 0 Å². The fourth-order valence-corrected chi connectivity index (χ4v) is 3.18. The summed E-state index contributed by atoms with van der Waals surface area (Å²) in [6.07, 6.45) is 1.68. The number of thioether (sulfide) groups is 1. The van der Waals surface area contributed by atoms with E-state index in [4.69, 9.17) is 10.5 Å². The van der Waals surface area contributed by atoms with Crippen molar-refractivity contribution in [2.45, 2.75) is 19.3 Å². The number of hydrogen-bond donors (Lipinski definition) is 1. The van der Waals surface area contributed by atoms with Crippen LogP contribution in [0.2, 0.25) is 0 Å². The zero-order valence-corrected chi connectivity index (χ0v) is 16.6. The Kier molecular flexibility index (Phi) is 7.27. The van der Waals surface area contributed by atoms with Gasteiger partial charge >= 0.3 is 0 Å². The normalized spacial score (nSPS) is 11.7. The zero-order valence-electron chi connectivity index (χ0n) is 15.8. The average molecular weight is 390 g/mol. The van der Waals surface area contributed by atoms with E-state index in [1.807, 2.05) is 48.5 Å². The van der Waals surface area contributed by atoms with Gasteiger partial charge in [-0.15, -0.1) is 5.10 Å². The third kappa shape index (κ3) is 6.59. The van der Waals surface area contributed by atoms with Crippen LogP contribution in [-0.2, 0) is 12.4 Å². The summed E-state index contributed by atoms with van der Waals surface area (Å²) < 4.78 is 5.88. The summed E-state index contributed by atoms with van der Waals surface area (Å²) >= 11 is 1.46. The van der Waals surface area contributed by atoms with E-state index in [1.165, 1.54) is 22.9 Å². The predicted molar refractivity (Wildman–Crippen MR) is 119 cm³/mol. The first-order valence-corrected chi connectivity index (χ1v) is 9.99. The van der Waals surface area contributed by atoms with Gasteiger partial charge in [0.25, 0.3) is 0 Å². The number of ether oxygens (including phenoxy) is 1. The van der Waals surface area contributed by atoms with E-state index in [0.717, 1.165) is 22.6 Å². The molecule has 0 aliphatic carbocycles. The summed E-state index contributed by atoms with van der Waals surface area (Å²) in [5.74, 6) is 1.56. The van der Waals surface area contributed by atoms with Crippen LogP contribution in [0.3, 0.4) is 0 Å². The fourth-order valence-electron chi connectivity index (χ4n) is 2.57. The standard InChI is InChI=1S/C23H23N3OS/c1-18-7-5-11-21(13-18)16-27-22-12-6-10-20(14-22)15-25-26-23(24)28-17-19-8-3-2-4-9-19/h2-15H,16-17H2,1H3,(H2,24,26). The lowest BCUT2D eigenvalue weighted by atomic mass is 10.1. The van der Waals surface area contributed by atoms with Crippen molar-refractivity contribution < 1.29 is 4.74 Å². The topological polar surface area (TPSA) is 60.0 Å². The molecule has 3 aromatic rings. The highest BCUT2D eigenvalue weighted by Gasteiger charge is 1.99. The summed E-state index contributed by atoms with van der Waals surface area (Å²) in [6.45, 7) is 2.61. The lowest BCUT2D eigenvalue weighted by Gasteiger charge is -2.07. The lowest BCUT2D eigenvalue weighted by molar-refractivity contribution is 0.306. The van der Waals surface area contributed by atoms with Crippen molar-refractivity contribution in [2.75, 3.05) is 0 Å². The van der Waals surface area contributed by atoms with Gasteiger partial charge in [0.05, 0.1) is 6.21 Å². The minimum absolute atomic E-state index is 0.437. The van der Waals surface area contributed by atoms with Gasteiger partial charge in [0.2, 0.25) is 0 Å². The largest absolute Gasteiger partial charge is 0.489 e. The molecule has 0 saturated heterocycles. The first-order chi connectivity index (χ1) is 13.7. The van der Waals surface area contributed by atoms with Crippen LogP contribution >= 0.6 is 11.8 Å². The first kappa shape index (κ1) is 19.7. The molecule has 0 saturated carbocycles. The van der Waals surface area contributed by atoms with Crippen molar-refractivity contribution in [1.29, 1.82) is 0 Å². The van der Waals surface area contributed by atoms with E-state index >= 15 is 0 Å². The van der Waals surface area contributed by atoms with Gasteiger partial charge in [-0.25, -0.2) is 0 Å². The van der Waals surface area contributed by atoms with Gasteiger partial charge in [0.15, 0.2) is 5.17 Å². The second kappa shape index (κ2) is 10.3. The number of amidine groups is 1. The van der Waals surface area contributed by atoms with Gasteiger partial charge in [-0.1, -0.05) is 84.1 Å². The van der Waals surface area contributed by atoms with Gasteiger partial charge in [-0.3, -0.25) is 0 Å². The van der Waals surface area contributed by atoms with Gasteiger partial charge < -0.3 is 10.5 Å². The van der Waals surface area contributed by atoms with E-state index in [9.17, 15) is 0 Å². The molecule has 2 N–H and O–H groups in total. The molecule has 0 amide bonds. The van der Waals surface area contributed by atoms with Crippen LogP contribution in [0.25, 0.3) is 0 Å². The van der Waals surface area contributed by atoms with Gasteiger partial charge in [0, 0.05) is 5.75 Å². The van der Waals surface area contributed by atoms with Crippen LogP contribution in [0.5, 0.6) is 5.75 Å². The number of benzene rings is 3. The Labute approximate surface area is 170 Å². The molecular weight excluding hydrogens is 366 g/mol. The third-order valence-corrected chi connectivity index (χ3v) is 4.79. The summed E-state index contributed by atoms with van der Waals surface area (Å²) in [7, 11) is 0. The van der Waals surface area contributed by atoms with E-state index in [2.05, 4.69) is 47.5 Å². The highest BCUT2D eigenvalue weighted by molar-refractivity contribution is 8.13. The van der Waals surface area contributed by atoms with Crippen molar-refractivity contribution in [3.05, 3.63) is 101 Å². The molecule has 0 bridgehead atoms. The van der Waals surface area contributed by atoms with Crippen molar-refractivity contribution in [2.24, 2.45) is 15.9 Å². The Balaban J connectivity index is 1.53. The Bertz CT molecular complexity index is 955. The maximum absolute atomic E-state index is 5.91. The molecule has 142 valence electrons. The quantitative estimate of drug-likeness (QED) is 0.345. The summed E-state index contributed by atoms with van der Waals surface area (Å²) in [5, 5.41) is 8.58. The highest BCUT2D eigenvalue weighted by Crippen LogP contribution is 2.15. The number of aryl methyl sites for hydroxylation is 1. The highest BCUT2D eigenvalue weighted by atomic mass is 32.2. The molecule has 3 aromatic carbocycles. The van der Waals surface area contributed by atoms with Crippen LogP contribution in [0.4, 0.5) is 0 Å².